The van der Waals surface area contributed by atoms with Crippen molar-refractivity contribution in [3.63, 3.8) is 0 Å². The van der Waals surface area contributed by atoms with Crippen LogP contribution in [0.2, 0.25) is 0 Å². The van der Waals surface area contributed by atoms with Crippen LogP contribution in [0, 0.1) is 0 Å². The van der Waals surface area contributed by atoms with Gasteiger partial charge in [0.2, 0.25) is 0 Å². The Hall–Kier alpha value is -1.46. The molecule has 1 aliphatic carbocycles. The Balaban J connectivity index is 1.83. The van der Waals surface area contributed by atoms with Crippen LogP contribution in [-0.2, 0) is 24.4 Å². The molecule has 2 fully saturated rings. The Labute approximate surface area is 124 Å². The number of carbonyl (C=O) groups is 1. The molecule has 21 heavy (non-hydrogen) atoms. The summed E-state index contributed by atoms with van der Waals surface area (Å²) in [5.74, 6) is -0.626. The lowest BCUT2D eigenvalue weighted by molar-refractivity contribution is -0.187. The van der Waals surface area contributed by atoms with E-state index in [-0.39, 0.29) is 11.4 Å². The molecule has 1 saturated heterocycles. The maximum atomic E-state index is 11.9. The van der Waals surface area contributed by atoms with Gasteiger partial charge >= 0.3 is 5.97 Å². The summed E-state index contributed by atoms with van der Waals surface area (Å²) in [4.78, 5) is 16.3. The van der Waals surface area contributed by atoms with Crippen LogP contribution < -0.4 is 0 Å². The van der Waals surface area contributed by atoms with E-state index in [9.17, 15) is 4.79 Å². The maximum Gasteiger partial charge on any atom is 0.306 e. The quantitative estimate of drug-likeness (QED) is 0.799. The molecule has 5 heteroatoms. The number of pyridine rings is 1. The first-order valence-corrected chi connectivity index (χ1v) is 7.44. The van der Waals surface area contributed by atoms with Gasteiger partial charge in [-0.05, 0) is 25.0 Å². The molecule has 0 bridgehead atoms. The fourth-order valence-corrected chi connectivity index (χ4v) is 3.44. The monoisotopic (exact) mass is 291 g/mol. The third kappa shape index (κ3) is 2.80. The van der Waals surface area contributed by atoms with Gasteiger partial charge in [-0.25, -0.2) is 0 Å². The third-order valence-corrected chi connectivity index (χ3v) is 4.70. The Bertz CT molecular complexity index is 486. The zero-order chi connectivity index (χ0) is 14.8. The minimum absolute atomic E-state index is 0.190. The Morgan fingerprint density at radius 2 is 1.95 bits per heavy atom. The van der Waals surface area contributed by atoms with Crippen LogP contribution in [0.15, 0.2) is 24.4 Å². The van der Waals surface area contributed by atoms with Crippen LogP contribution in [0.1, 0.15) is 37.8 Å². The summed E-state index contributed by atoms with van der Waals surface area (Å²) in [5, 5.41) is 0. The Morgan fingerprint density at radius 1 is 1.24 bits per heavy atom. The second-order valence-corrected chi connectivity index (χ2v) is 5.86. The van der Waals surface area contributed by atoms with Gasteiger partial charge in [0.1, 0.15) is 0 Å². The van der Waals surface area contributed by atoms with Gasteiger partial charge in [-0.15, -0.1) is 0 Å². The number of aromatic nitrogens is 1. The molecule has 0 amide bonds. The van der Waals surface area contributed by atoms with E-state index in [1.165, 1.54) is 7.11 Å². The van der Waals surface area contributed by atoms with Crippen molar-refractivity contribution in [2.24, 2.45) is 0 Å². The summed E-state index contributed by atoms with van der Waals surface area (Å²) in [5.41, 5.74) is 0.692. The molecule has 1 saturated carbocycles. The molecule has 0 N–H and O–H groups in total. The van der Waals surface area contributed by atoms with E-state index in [2.05, 4.69) is 4.98 Å². The predicted molar refractivity (Wildman–Crippen MR) is 75.7 cm³/mol. The smallest absolute Gasteiger partial charge is 0.306 e. The number of esters is 1. The summed E-state index contributed by atoms with van der Waals surface area (Å²) >= 11 is 0. The number of methoxy groups -OCH3 is 1. The average molecular weight is 291 g/mol. The molecule has 3 rings (SSSR count). The summed E-state index contributed by atoms with van der Waals surface area (Å²) < 4.78 is 16.5. The Morgan fingerprint density at radius 3 is 2.52 bits per heavy atom. The van der Waals surface area contributed by atoms with Crippen molar-refractivity contribution in [3.8, 4) is 0 Å². The van der Waals surface area contributed by atoms with E-state index in [1.807, 2.05) is 18.2 Å². The number of hydrogen-bond acceptors (Lipinski definition) is 5. The highest BCUT2D eigenvalue weighted by molar-refractivity contribution is 5.71. The van der Waals surface area contributed by atoms with E-state index in [1.54, 1.807) is 6.20 Å². The summed E-state index contributed by atoms with van der Waals surface area (Å²) in [6, 6.07) is 5.86. The van der Waals surface area contributed by atoms with Gasteiger partial charge in [0.15, 0.2) is 5.79 Å². The van der Waals surface area contributed by atoms with Crippen molar-refractivity contribution in [1.82, 2.24) is 4.98 Å². The van der Waals surface area contributed by atoms with Crippen molar-refractivity contribution >= 4 is 5.97 Å². The lowest BCUT2D eigenvalue weighted by Gasteiger charge is -2.42. The lowest BCUT2D eigenvalue weighted by atomic mass is 9.67. The van der Waals surface area contributed by atoms with Gasteiger partial charge in [0.05, 0.1) is 26.7 Å². The highest BCUT2D eigenvalue weighted by Crippen LogP contribution is 2.47. The number of rotatable bonds is 3. The number of nitrogens with zero attached hydrogens (tertiary/aromatic N) is 1. The van der Waals surface area contributed by atoms with Crippen molar-refractivity contribution < 1.29 is 19.0 Å². The largest absolute Gasteiger partial charge is 0.469 e. The Kier molecular flexibility index (Phi) is 3.95. The molecule has 0 unspecified atom stereocenters. The molecule has 0 aromatic carbocycles. The zero-order valence-electron chi connectivity index (χ0n) is 12.3. The number of ether oxygens (including phenoxy) is 3. The molecule has 114 valence electrons. The second-order valence-electron chi connectivity index (χ2n) is 5.86. The summed E-state index contributed by atoms with van der Waals surface area (Å²) in [6.45, 7) is 1.32. The standard InChI is InChI=1S/C16H21NO4/c1-19-14(18)12-15(13-4-2-3-9-17-13)5-7-16(8-6-15)20-10-11-21-16/h2-4,9H,5-8,10-12H2,1H3. The van der Waals surface area contributed by atoms with Gasteiger partial charge < -0.3 is 14.2 Å². The number of carbonyl (C=O) groups excluding carboxylic acids is 1. The maximum absolute atomic E-state index is 11.9. The molecular weight excluding hydrogens is 270 g/mol. The highest BCUT2D eigenvalue weighted by Gasteiger charge is 2.48. The molecule has 1 spiro atoms. The fraction of sp³-hybridized carbons (Fsp3) is 0.625. The first-order valence-electron chi connectivity index (χ1n) is 7.44. The van der Waals surface area contributed by atoms with Crippen molar-refractivity contribution in [1.29, 1.82) is 0 Å². The minimum atomic E-state index is -0.436. The zero-order valence-corrected chi connectivity index (χ0v) is 12.3. The molecule has 1 aliphatic heterocycles. The van der Waals surface area contributed by atoms with Crippen LogP contribution in [0.3, 0.4) is 0 Å². The van der Waals surface area contributed by atoms with E-state index >= 15 is 0 Å². The van der Waals surface area contributed by atoms with Crippen molar-refractivity contribution in [3.05, 3.63) is 30.1 Å². The third-order valence-electron chi connectivity index (χ3n) is 4.70. The van der Waals surface area contributed by atoms with Crippen molar-refractivity contribution in [2.45, 2.75) is 43.3 Å². The van der Waals surface area contributed by atoms with Gasteiger partial charge in [0.25, 0.3) is 0 Å². The van der Waals surface area contributed by atoms with Gasteiger partial charge in [-0.1, -0.05) is 6.07 Å². The fourth-order valence-electron chi connectivity index (χ4n) is 3.44. The van der Waals surface area contributed by atoms with Crippen LogP contribution >= 0.6 is 0 Å². The predicted octanol–water partition coefficient (Wildman–Crippen LogP) is 2.20. The molecule has 2 aliphatic rings. The van der Waals surface area contributed by atoms with E-state index in [4.69, 9.17) is 14.2 Å². The van der Waals surface area contributed by atoms with Crippen LogP contribution in [0.4, 0.5) is 0 Å². The first-order chi connectivity index (χ1) is 10.2. The van der Waals surface area contributed by atoms with Crippen molar-refractivity contribution in [2.75, 3.05) is 20.3 Å². The summed E-state index contributed by atoms with van der Waals surface area (Å²) in [6.07, 6.45) is 5.36. The molecule has 2 heterocycles. The van der Waals surface area contributed by atoms with Gasteiger partial charge in [0, 0.05) is 30.1 Å². The average Bonchev–Trinajstić information content (AvgIpc) is 2.99. The highest BCUT2D eigenvalue weighted by atomic mass is 16.7. The molecule has 0 atom stereocenters. The second kappa shape index (κ2) is 5.73. The van der Waals surface area contributed by atoms with E-state index < -0.39 is 5.79 Å². The normalized spacial score (nSPS) is 23.1. The van der Waals surface area contributed by atoms with Gasteiger partial charge in [-0.2, -0.15) is 0 Å². The molecule has 1 aromatic rings. The van der Waals surface area contributed by atoms with Gasteiger partial charge in [-0.3, -0.25) is 9.78 Å². The number of hydrogen-bond donors (Lipinski definition) is 0. The summed E-state index contributed by atoms with van der Waals surface area (Å²) in [7, 11) is 1.43. The molecule has 5 nitrogen and oxygen atoms in total. The molecular formula is C16H21NO4. The van der Waals surface area contributed by atoms with Crippen LogP contribution in [-0.4, -0.2) is 37.1 Å². The molecule has 1 aromatic heterocycles. The SMILES string of the molecule is COC(=O)CC1(c2ccccn2)CCC2(CC1)OCCO2. The van der Waals surface area contributed by atoms with E-state index in [0.29, 0.717) is 19.6 Å². The molecule has 0 radical (unpaired) electrons. The minimum Gasteiger partial charge on any atom is -0.469 e. The van der Waals surface area contributed by atoms with E-state index in [0.717, 1.165) is 31.4 Å². The van der Waals surface area contributed by atoms with Crippen LogP contribution in [0.5, 0.6) is 0 Å². The van der Waals surface area contributed by atoms with Crippen LogP contribution in [0.25, 0.3) is 0 Å². The topological polar surface area (TPSA) is 57.7 Å². The lowest BCUT2D eigenvalue weighted by Crippen LogP contribution is -2.43. The first kappa shape index (κ1) is 14.5.